The Morgan fingerprint density at radius 1 is 0.683 bits per heavy atom. The molecule has 0 aliphatic heterocycles. The van der Waals surface area contributed by atoms with Crippen LogP contribution in [-0.2, 0) is 24.9 Å². The van der Waals surface area contributed by atoms with Crippen molar-refractivity contribution in [3.63, 3.8) is 0 Å². The van der Waals surface area contributed by atoms with Crippen molar-refractivity contribution in [1.29, 1.82) is 0 Å². The first-order chi connectivity index (χ1) is 19.5. The predicted molar refractivity (Wildman–Crippen MR) is 164 cm³/mol. The fourth-order valence-corrected chi connectivity index (χ4v) is 3.50. The van der Waals surface area contributed by atoms with Crippen LogP contribution in [0.5, 0.6) is 0 Å². The minimum atomic E-state index is -0.161. The number of nitrogens with zero attached hydrogens (tertiary/aromatic N) is 2. The Morgan fingerprint density at radius 3 is 1.51 bits per heavy atom. The van der Waals surface area contributed by atoms with Gasteiger partial charge >= 0.3 is 0 Å². The number of pyridine rings is 2. The molecule has 0 bridgehead atoms. The summed E-state index contributed by atoms with van der Waals surface area (Å²) in [5.41, 5.74) is 6.97. The van der Waals surface area contributed by atoms with Crippen molar-refractivity contribution in [2.75, 3.05) is 0 Å². The second-order valence-electron chi connectivity index (χ2n) is 8.67. The molecular formula is C36H32IrN2O2-2. The summed E-state index contributed by atoms with van der Waals surface area (Å²) in [6.07, 6.45) is 6.82. The van der Waals surface area contributed by atoms with Crippen molar-refractivity contribution in [3.8, 4) is 22.5 Å². The number of hydrogen-bond acceptors (Lipinski definition) is 4. The number of aliphatic hydroxyl groups is 1. The van der Waals surface area contributed by atoms with Gasteiger partial charge in [-0.25, -0.2) is 0 Å². The smallest absolute Gasteiger partial charge is 0.156 e. The molecule has 41 heavy (non-hydrogen) atoms. The Kier molecular flexibility index (Phi) is 14.4. The molecule has 2 heterocycles. The Bertz CT molecular complexity index is 1350. The molecule has 1 radical (unpaired) electrons. The summed E-state index contributed by atoms with van der Waals surface area (Å²) < 4.78 is 0. The number of carbonyl (C=O) groups is 1. The van der Waals surface area contributed by atoms with Crippen molar-refractivity contribution >= 4 is 17.1 Å². The van der Waals surface area contributed by atoms with Gasteiger partial charge in [-0.1, -0.05) is 54.6 Å². The van der Waals surface area contributed by atoms with Gasteiger partial charge in [0.1, 0.15) is 5.76 Å². The Balaban J connectivity index is 0.000000215. The predicted octanol–water partition coefficient (Wildman–Crippen LogP) is 8.69. The molecular weight excluding hydrogens is 685 g/mol. The molecule has 1 N–H and O–H groups in total. The van der Waals surface area contributed by atoms with Gasteiger partial charge in [0, 0.05) is 44.1 Å². The van der Waals surface area contributed by atoms with Crippen molar-refractivity contribution in [3.05, 3.63) is 157 Å². The maximum absolute atomic E-state index is 10.8. The Morgan fingerprint density at radius 2 is 1.15 bits per heavy atom. The number of carbonyl (C=O) groups excluding carboxylic acids is 1. The van der Waals surface area contributed by atoms with Gasteiger partial charge in [-0.15, -0.1) is 71.8 Å². The molecule has 0 aliphatic rings. The summed E-state index contributed by atoms with van der Waals surface area (Å²) in [7, 11) is 0. The summed E-state index contributed by atoms with van der Waals surface area (Å²) in [6, 6.07) is 41.1. The molecule has 5 rings (SSSR count). The summed E-state index contributed by atoms with van der Waals surface area (Å²) >= 11 is 0. The Labute approximate surface area is 256 Å². The molecule has 0 saturated carbocycles. The topological polar surface area (TPSA) is 63.1 Å². The maximum atomic E-state index is 10.8. The van der Waals surface area contributed by atoms with E-state index >= 15 is 0 Å². The molecule has 5 aromatic rings. The van der Waals surface area contributed by atoms with Crippen LogP contribution in [0.25, 0.3) is 33.8 Å². The molecule has 0 saturated heterocycles. The second-order valence-corrected chi connectivity index (χ2v) is 8.67. The van der Waals surface area contributed by atoms with Crippen LogP contribution in [0.3, 0.4) is 0 Å². The third-order valence-corrected chi connectivity index (χ3v) is 5.71. The van der Waals surface area contributed by atoms with E-state index in [2.05, 4.69) is 22.1 Å². The third-order valence-electron chi connectivity index (χ3n) is 5.71. The van der Waals surface area contributed by atoms with Gasteiger partial charge in [-0.3, -0.25) is 4.79 Å². The van der Waals surface area contributed by atoms with Crippen LogP contribution in [0.4, 0.5) is 0 Å². The maximum Gasteiger partial charge on any atom is 0.156 e. The van der Waals surface area contributed by atoms with Crippen molar-refractivity contribution < 1.29 is 30.0 Å². The van der Waals surface area contributed by atoms with E-state index in [1.165, 1.54) is 18.6 Å². The molecule has 0 unspecified atom stereocenters. The minimum Gasteiger partial charge on any atom is -0.507 e. The minimum absolute atomic E-state index is 0. The zero-order chi connectivity index (χ0) is 28.6. The van der Waals surface area contributed by atoms with Crippen LogP contribution in [0.1, 0.15) is 31.9 Å². The molecule has 0 spiro atoms. The quantitative estimate of drug-likeness (QED) is 0.112. The van der Waals surface area contributed by atoms with E-state index in [0.717, 1.165) is 28.1 Å². The van der Waals surface area contributed by atoms with Crippen LogP contribution < -0.4 is 0 Å². The van der Waals surface area contributed by atoms with Crippen LogP contribution in [0.2, 0.25) is 0 Å². The molecule has 3 aromatic carbocycles. The van der Waals surface area contributed by atoms with Gasteiger partial charge in [-0.2, -0.15) is 0 Å². The van der Waals surface area contributed by atoms with E-state index in [9.17, 15) is 9.90 Å². The van der Waals surface area contributed by atoms with Gasteiger partial charge in [0.2, 0.25) is 0 Å². The number of aliphatic hydroxyl groups excluding tert-OH is 1. The van der Waals surface area contributed by atoms with E-state index in [0.29, 0.717) is 5.56 Å². The first-order valence-corrected chi connectivity index (χ1v) is 12.9. The van der Waals surface area contributed by atoms with Gasteiger partial charge < -0.3 is 15.1 Å². The number of hydrogen-bond donors (Lipinski definition) is 1. The second kappa shape index (κ2) is 18.0. The van der Waals surface area contributed by atoms with E-state index in [-0.39, 0.29) is 31.6 Å². The van der Waals surface area contributed by atoms with Crippen LogP contribution >= 0.6 is 0 Å². The first-order valence-electron chi connectivity index (χ1n) is 12.9. The SMILES string of the molecule is CC=C(C)c1ccc(/C(O)=C/C(C)=O)cc1.[Ir].[c-]1ccccc1-c1ccccn1.[c-]1ccccc1-c1ccccn1. The number of allylic oxidation sites excluding steroid dienone is 3. The number of aromatic nitrogens is 2. The van der Waals surface area contributed by atoms with Crippen molar-refractivity contribution in [2.45, 2.75) is 20.8 Å². The number of ketones is 1. The summed E-state index contributed by atoms with van der Waals surface area (Å²) in [5, 5.41) is 9.60. The van der Waals surface area contributed by atoms with Crippen molar-refractivity contribution in [1.82, 2.24) is 9.97 Å². The Hall–Kier alpha value is -4.44. The van der Waals surface area contributed by atoms with E-state index < -0.39 is 0 Å². The standard InChI is InChI=1S/C14H16O2.2C11H8N.Ir/c1-4-10(2)12-5-7-13(8-6-12)14(16)9-11(3)15;2*1-2-6-10(7-3-1)11-8-4-5-9-12-11;/h4-9,16H,1-3H3;2*1-6,8-9H;/q;2*-1;/b10-4?,14-9-;;;. The van der Waals surface area contributed by atoms with Crippen LogP contribution in [0.15, 0.2) is 134 Å². The normalized spacial score (nSPS) is 10.6. The summed E-state index contributed by atoms with van der Waals surface area (Å²) in [5.74, 6) is -0.150. The van der Waals surface area contributed by atoms with Gasteiger partial charge in [-0.05, 0) is 55.4 Å². The molecule has 0 atom stereocenters. The van der Waals surface area contributed by atoms with E-state index in [1.807, 2.05) is 117 Å². The van der Waals surface area contributed by atoms with Gasteiger partial charge in [0.25, 0.3) is 0 Å². The molecule has 0 aliphatic carbocycles. The third kappa shape index (κ3) is 11.3. The van der Waals surface area contributed by atoms with Gasteiger partial charge in [0.15, 0.2) is 5.78 Å². The molecule has 2 aromatic heterocycles. The van der Waals surface area contributed by atoms with Crippen LogP contribution in [-0.4, -0.2) is 20.9 Å². The molecule has 4 nitrogen and oxygen atoms in total. The summed E-state index contributed by atoms with van der Waals surface area (Å²) in [4.78, 5) is 19.2. The molecule has 5 heteroatoms. The zero-order valence-corrected chi connectivity index (χ0v) is 25.7. The monoisotopic (exact) mass is 717 g/mol. The molecule has 0 fully saturated rings. The summed E-state index contributed by atoms with van der Waals surface area (Å²) in [6.45, 7) is 5.42. The number of benzene rings is 3. The largest absolute Gasteiger partial charge is 0.507 e. The first kappa shape index (κ1) is 32.8. The fourth-order valence-electron chi connectivity index (χ4n) is 3.50. The van der Waals surface area contributed by atoms with Crippen molar-refractivity contribution in [2.24, 2.45) is 0 Å². The average molecular weight is 717 g/mol. The zero-order valence-electron chi connectivity index (χ0n) is 23.3. The van der Waals surface area contributed by atoms with E-state index in [4.69, 9.17) is 0 Å². The van der Waals surface area contributed by atoms with E-state index in [1.54, 1.807) is 24.5 Å². The molecule has 0 amide bonds. The number of rotatable bonds is 5. The average Bonchev–Trinajstić information content (AvgIpc) is 3.03. The fraction of sp³-hybridized carbons (Fsp3) is 0.0833. The van der Waals surface area contributed by atoms with Gasteiger partial charge in [0.05, 0.1) is 0 Å². The molecule has 209 valence electrons. The van der Waals surface area contributed by atoms with Crippen LogP contribution in [0, 0.1) is 12.1 Å².